The highest BCUT2D eigenvalue weighted by atomic mass is 31.2. The molecule has 4 heterocycles. The first kappa shape index (κ1) is 99.4. The minimum Gasteiger partial charge on any atom is -0.506 e. The molecule has 4 aromatic rings. The van der Waals surface area contributed by atoms with Gasteiger partial charge in [0, 0.05) is 182 Å². The molecule has 0 radical (unpaired) electrons. The maximum absolute atomic E-state index is 14.7. The van der Waals surface area contributed by atoms with E-state index >= 15 is 0 Å². The molecule has 678 valence electrons. The zero-order valence-electron chi connectivity index (χ0n) is 69.4. The van der Waals surface area contributed by atoms with Gasteiger partial charge < -0.3 is 104 Å². The minimum atomic E-state index is -4.06. The number of carboxylic acid groups (broad SMARTS) is 3. The van der Waals surface area contributed by atoms with Gasteiger partial charge in [-0.05, 0) is 119 Å². The second-order valence-corrected chi connectivity index (χ2v) is 32.4. The van der Waals surface area contributed by atoms with Crippen LogP contribution in [-0.2, 0) is 42.7 Å². The molecule has 19 N–H and O–H groups in total. The highest BCUT2D eigenvalue weighted by Crippen LogP contribution is 2.43. The Morgan fingerprint density at radius 3 is 1.15 bits per heavy atom. The molecule has 4 aliphatic heterocycles. The topological polar surface area (TPSA) is 589 Å². The Morgan fingerprint density at radius 1 is 0.403 bits per heavy atom. The monoisotopic (exact) mass is 1750 g/mol. The number of benzene rings is 4. The van der Waals surface area contributed by atoms with Gasteiger partial charge in [0.05, 0.1) is 63.2 Å². The number of ketones is 1. The molecule has 40 nitrogen and oxygen atoms in total. The summed E-state index contributed by atoms with van der Waals surface area (Å²) in [7, 11) is -4.06. The summed E-state index contributed by atoms with van der Waals surface area (Å²) in [4.78, 5) is 216. The highest BCUT2D eigenvalue weighted by molar-refractivity contribution is 7.52. The first-order chi connectivity index (χ1) is 59.4. The number of nitrogens with one attached hydrogen (secondary N) is 11. The van der Waals surface area contributed by atoms with Crippen molar-refractivity contribution in [2.24, 2.45) is 5.92 Å². The number of aromatic hydroxyl groups is 4. The predicted molar refractivity (Wildman–Crippen MR) is 449 cm³/mol. The summed E-state index contributed by atoms with van der Waals surface area (Å²) in [5.74, 6) is -15.1. The lowest BCUT2D eigenvalue weighted by atomic mass is 9.94. The molecular weight excluding hydrogens is 1640 g/mol. The van der Waals surface area contributed by atoms with Crippen molar-refractivity contribution in [1.29, 1.82) is 0 Å². The van der Waals surface area contributed by atoms with Crippen molar-refractivity contribution >= 4 is 96.3 Å². The molecular formula is C83H116N15O25P. The van der Waals surface area contributed by atoms with Crippen LogP contribution in [0.15, 0.2) is 72.8 Å². The van der Waals surface area contributed by atoms with Gasteiger partial charge in [-0.2, -0.15) is 0 Å². The van der Waals surface area contributed by atoms with Crippen LogP contribution in [0.2, 0.25) is 0 Å². The summed E-state index contributed by atoms with van der Waals surface area (Å²) in [6.45, 7) is 1.05. The summed E-state index contributed by atoms with van der Waals surface area (Å²) >= 11 is 0. The average Bonchev–Trinajstić information content (AvgIpc) is 0.850. The zero-order valence-corrected chi connectivity index (χ0v) is 70.3. The summed E-state index contributed by atoms with van der Waals surface area (Å²) in [6.07, 6.45) is 1.02. The van der Waals surface area contributed by atoms with Crippen molar-refractivity contribution in [3.05, 3.63) is 117 Å². The fourth-order valence-corrected chi connectivity index (χ4v) is 15.3. The number of phenols is 4. The van der Waals surface area contributed by atoms with Gasteiger partial charge in [-0.1, -0.05) is 30.7 Å². The number of para-hydroxylation sites is 4. The van der Waals surface area contributed by atoms with Crippen molar-refractivity contribution < 1.29 is 122 Å². The van der Waals surface area contributed by atoms with Crippen LogP contribution in [0.1, 0.15) is 198 Å². The lowest BCUT2D eigenvalue weighted by Crippen LogP contribution is -2.49. The third-order valence-electron chi connectivity index (χ3n) is 21.1. The van der Waals surface area contributed by atoms with E-state index in [1.54, 1.807) is 0 Å². The molecule has 8 rings (SSSR count). The van der Waals surface area contributed by atoms with Gasteiger partial charge in [0.25, 0.3) is 47.3 Å². The smallest absolute Gasteiger partial charge is 0.328 e. The normalized spacial score (nSPS) is 19.4. The third kappa shape index (κ3) is 34.2. The van der Waals surface area contributed by atoms with Crippen molar-refractivity contribution in [3.63, 3.8) is 0 Å². The van der Waals surface area contributed by atoms with E-state index in [4.69, 9.17) is 9.63 Å². The average molecular weight is 1750 g/mol. The molecule has 0 aliphatic carbocycles. The van der Waals surface area contributed by atoms with Crippen molar-refractivity contribution in [2.45, 2.75) is 128 Å². The zero-order chi connectivity index (χ0) is 90.1. The van der Waals surface area contributed by atoms with Gasteiger partial charge in [-0.15, -0.1) is 0 Å². The quantitative estimate of drug-likeness (QED) is 0.0237. The van der Waals surface area contributed by atoms with Gasteiger partial charge in [-0.25, -0.2) is 4.79 Å². The number of fused-ring (bicyclic) bond motifs is 26. The number of Topliss-reactive ketones (excluding diaryl/α,β-unsaturated/α-hetero) is 1. The Bertz CT molecular complexity index is 4360. The first-order valence-electron chi connectivity index (χ1n) is 41.8. The van der Waals surface area contributed by atoms with E-state index in [0.29, 0.717) is 32.1 Å². The summed E-state index contributed by atoms with van der Waals surface area (Å²) in [6, 6.07) is 14.3. The number of amides is 11. The molecule has 4 aromatic carbocycles. The number of aliphatic carboxylic acids is 3. The van der Waals surface area contributed by atoms with E-state index in [-0.39, 0.29) is 289 Å². The summed E-state index contributed by atoms with van der Waals surface area (Å²) < 4.78 is 17.2. The number of phenolic OH excluding ortho intramolecular Hbond substituents is 4. The predicted octanol–water partition coefficient (Wildman–Crippen LogP) is 1.45. The molecule has 8 atom stereocenters. The Balaban J connectivity index is 1.01. The van der Waals surface area contributed by atoms with Crippen LogP contribution < -0.4 is 58.5 Å². The molecule has 41 heteroatoms. The van der Waals surface area contributed by atoms with Crippen LogP contribution in [-0.4, -0.2) is 311 Å². The SMILES string of the molecule is O=C(O)CCCCP(=O)(O)OCCC[C@H](NC(=O)CC[C@H](CC(=O)CCCCCNC(=O)CCCC(=O)NCCCCC1CN2CCNC(=O)c3cccc(c3O)C(=O)NCCN3CCNC(=O)c4cccc(c4O)C(=O)NCCN(CCNC(=O)c4cccc(c4O)C(=O)NCCN(CCNC(=O)c4cccc(c4O)C(=O)N1)CC3)CC2)C(=O)O)C(=O)O. The molecule has 124 heavy (non-hydrogen) atoms. The minimum absolute atomic E-state index is 0.00794. The molecule has 0 fully saturated rings. The van der Waals surface area contributed by atoms with Crippen LogP contribution in [0.5, 0.6) is 23.0 Å². The van der Waals surface area contributed by atoms with Crippen LogP contribution in [0, 0.1) is 5.92 Å². The number of rotatable bonds is 33. The van der Waals surface area contributed by atoms with E-state index in [2.05, 4.69) is 58.5 Å². The lowest BCUT2D eigenvalue weighted by molar-refractivity contribution is -0.145. The number of carboxylic acids is 3. The van der Waals surface area contributed by atoms with Gasteiger partial charge in [0.1, 0.15) is 34.8 Å². The van der Waals surface area contributed by atoms with Crippen LogP contribution >= 0.6 is 7.60 Å². The molecule has 0 saturated heterocycles. The Kier molecular flexibility index (Phi) is 41.7. The maximum Gasteiger partial charge on any atom is 0.328 e. The fourth-order valence-electron chi connectivity index (χ4n) is 14.1. The molecule has 0 spiro atoms. The van der Waals surface area contributed by atoms with Crippen molar-refractivity contribution in [2.75, 3.05) is 150 Å². The second-order valence-electron chi connectivity index (χ2n) is 30.4. The molecule has 0 aromatic heterocycles. The number of hydrogen-bond acceptors (Lipinski definition) is 25. The van der Waals surface area contributed by atoms with Gasteiger partial charge >= 0.3 is 25.5 Å². The van der Waals surface area contributed by atoms with Crippen molar-refractivity contribution in [1.82, 2.24) is 78.1 Å². The van der Waals surface area contributed by atoms with Crippen LogP contribution in [0.3, 0.4) is 0 Å². The second kappa shape index (κ2) is 52.1. The molecule has 0 saturated carbocycles. The van der Waals surface area contributed by atoms with E-state index in [1.807, 2.05) is 19.6 Å². The van der Waals surface area contributed by atoms with E-state index in [0.717, 1.165) is 0 Å². The van der Waals surface area contributed by atoms with Crippen LogP contribution in [0.25, 0.3) is 0 Å². The number of nitrogens with zero attached hydrogens (tertiary/aromatic N) is 4. The molecule has 4 aliphatic rings. The standard InChI is InChI=1S/C83H116N15O25P/c99-56(52-54(82(117)118)28-29-68(102)94-65(83(119)120)24-13-50-123-124(121,122)51-7-4-27-69(103)104)15-2-1-5-30-84-66(100)25-12-26-67(101)85-31-6-3-14-55-53-98-45-38-92-79(114)62-21-10-20-61(72(62)107)76(111)88-33-40-95-39-32-86-74(109)57-16-8-18-59(70(57)105)77(112)89-36-43-97(48-49-98)44-37-90-78(113)60-19-9-17-58(71(60)106)75(110)87-34-41-96(47-46-95)42-35-91-80(115)63-22-11-23-64(73(63)108)81(116)93-55/h8-11,16-23,54-55,65,105-108H,1-7,12-15,24-53H2,(H,84,100)(H,85,101)(H,86,109)(H,87,110)(H,88,111)(H,89,112)(H,90,113)(H,91,115)(H,92,114)(H,93,116)(H,94,102)(H,103,104)(H,117,118)(H,119,120)(H,121,122)/t54-,55?,65+/m1/s1. The van der Waals surface area contributed by atoms with Crippen LogP contribution in [0.4, 0.5) is 0 Å². The molecule has 6 unspecified atom stereocenters. The maximum atomic E-state index is 14.7. The number of hydrogen-bond donors (Lipinski definition) is 19. The Morgan fingerprint density at radius 2 is 0.766 bits per heavy atom. The largest absolute Gasteiger partial charge is 0.506 e. The van der Waals surface area contributed by atoms with E-state index in [1.165, 1.54) is 72.8 Å². The third-order valence-corrected chi connectivity index (χ3v) is 22.6. The van der Waals surface area contributed by atoms with Gasteiger partial charge in [0.15, 0.2) is 0 Å². The summed E-state index contributed by atoms with van der Waals surface area (Å²) in [5.41, 5.74) is -1.71. The number of carbonyl (C=O) groups is 15. The molecule has 12 bridgehead atoms. The Labute approximate surface area is 717 Å². The van der Waals surface area contributed by atoms with Gasteiger partial charge in [-0.3, -0.25) is 91.3 Å². The molecule has 11 amide bonds. The number of unbranched alkanes of at least 4 members (excludes halogenated alkanes) is 4. The van der Waals surface area contributed by atoms with Gasteiger partial charge in [0.2, 0.25) is 17.7 Å². The summed E-state index contributed by atoms with van der Waals surface area (Å²) in [5, 5.41) is 105. The van der Waals surface area contributed by atoms with E-state index in [9.17, 15) is 112 Å². The number of carbonyl (C=O) groups excluding carboxylic acids is 12. The van der Waals surface area contributed by atoms with Crippen molar-refractivity contribution in [3.8, 4) is 23.0 Å². The Hall–Kier alpha value is -11.7. The fraction of sp³-hybridized carbons (Fsp3) is 0.530. The highest BCUT2D eigenvalue weighted by Gasteiger charge is 2.30. The first-order valence-corrected chi connectivity index (χ1v) is 43.6. The van der Waals surface area contributed by atoms with E-state index < -0.39 is 126 Å². The lowest BCUT2D eigenvalue weighted by Gasteiger charge is -2.31.